The second-order valence-electron chi connectivity index (χ2n) is 4.92. The topological polar surface area (TPSA) is 81.5 Å². The molecule has 1 N–H and O–H groups in total. The van der Waals surface area contributed by atoms with Gasteiger partial charge in [-0.05, 0) is 18.6 Å². The lowest BCUT2D eigenvalue weighted by atomic mass is 10.1. The maximum absolute atomic E-state index is 12.0. The van der Waals surface area contributed by atoms with Gasteiger partial charge in [-0.25, -0.2) is 0 Å². The van der Waals surface area contributed by atoms with E-state index in [4.69, 9.17) is 4.74 Å². The number of rotatable bonds is 7. The highest BCUT2D eigenvalue weighted by molar-refractivity contribution is 5.78. The number of nitrogens with one attached hydrogen (secondary N) is 1. The van der Waals surface area contributed by atoms with Crippen LogP contribution in [0.4, 0.5) is 5.69 Å². The van der Waals surface area contributed by atoms with E-state index in [-0.39, 0.29) is 18.0 Å². The molecule has 0 aliphatic carbocycles. The molecule has 0 spiro atoms. The van der Waals surface area contributed by atoms with Crippen molar-refractivity contribution >= 4 is 11.6 Å². The molecule has 0 aromatic heterocycles. The maximum atomic E-state index is 12.0. The summed E-state index contributed by atoms with van der Waals surface area (Å²) in [6, 6.07) is 13.5. The smallest absolute Gasteiger partial charge is 0.269 e. The Balaban J connectivity index is 1.91. The van der Waals surface area contributed by atoms with Gasteiger partial charge in [0.25, 0.3) is 5.69 Å². The molecule has 1 amide bonds. The van der Waals surface area contributed by atoms with Gasteiger partial charge in [0.1, 0.15) is 5.75 Å². The standard InChI is InChI=1S/C17H18N2O4/c1-2-23-16-6-4-3-5-14(16)12-18-17(20)11-13-7-9-15(10-8-13)19(21)22/h3-10H,2,11-12H2,1H3,(H,18,20). The maximum Gasteiger partial charge on any atom is 0.269 e. The minimum Gasteiger partial charge on any atom is -0.494 e. The molecule has 0 saturated heterocycles. The Labute approximate surface area is 134 Å². The molecule has 0 aliphatic rings. The Kier molecular flexibility index (Phi) is 5.68. The van der Waals surface area contributed by atoms with Gasteiger partial charge in [0.2, 0.25) is 5.91 Å². The first kappa shape index (κ1) is 16.5. The summed E-state index contributed by atoms with van der Waals surface area (Å²) < 4.78 is 5.51. The number of carbonyl (C=O) groups excluding carboxylic acids is 1. The molecule has 0 atom stereocenters. The fourth-order valence-corrected chi connectivity index (χ4v) is 2.12. The van der Waals surface area contributed by atoms with Crippen LogP contribution in [-0.2, 0) is 17.8 Å². The van der Waals surface area contributed by atoms with Crippen LogP contribution >= 0.6 is 0 Å². The van der Waals surface area contributed by atoms with Crippen molar-refractivity contribution in [3.63, 3.8) is 0 Å². The second-order valence-corrected chi connectivity index (χ2v) is 4.92. The molecule has 6 nitrogen and oxygen atoms in total. The van der Waals surface area contributed by atoms with Crippen molar-refractivity contribution in [2.24, 2.45) is 0 Å². The first-order chi connectivity index (χ1) is 11.1. The molecule has 0 radical (unpaired) electrons. The van der Waals surface area contributed by atoms with E-state index in [0.29, 0.717) is 13.2 Å². The molecule has 0 aliphatic heterocycles. The number of benzene rings is 2. The van der Waals surface area contributed by atoms with E-state index in [1.54, 1.807) is 12.1 Å². The number of nitro benzene ring substituents is 1. The Morgan fingerprint density at radius 1 is 1.17 bits per heavy atom. The van der Waals surface area contributed by atoms with Crippen LogP contribution in [0, 0.1) is 10.1 Å². The number of nitrogens with zero attached hydrogens (tertiary/aromatic N) is 1. The number of para-hydroxylation sites is 1. The van der Waals surface area contributed by atoms with Crippen molar-refractivity contribution in [3.8, 4) is 5.75 Å². The first-order valence-corrected chi connectivity index (χ1v) is 7.31. The summed E-state index contributed by atoms with van der Waals surface area (Å²) in [6.45, 7) is 2.85. The van der Waals surface area contributed by atoms with Crippen molar-refractivity contribution < 1.29 is 14.5 Å². The van der Waals surface area contributed by atoms with Crippen LogP contribution in [0.5, 0.6) is 5.75 Å². The number of hydrogen-bond acceptors (Lipinski definition) is 4. The molecular formula is C17H18N2O4. The summed E-state index contributed by atoms with van der Waals surface area (Å²) in [5.41, 5.74) is 1.65. The fraction of sp³-hybridized carbons (Fsp3) is 0.235. The molecule has 0 saturated carbocycles. The molecule has 0 heterocycles. The molecule has 2 rings (SSSR count). The molecule has 2 aromatic rings. The van der Waals surface area contributed by atoms with Gasteiger partial charge in [0.05, 0.1) is 18.0 Å². The number of ether oxygens (including phenoxy) is 1. The molecule has 2 aromatic carbocycles. The molecule has 0 unspecified atom stereocenters. The van der Waals surface area contributed by atoms with Gasteiger partial charge in [0.15, 0.2) is 0 Å². The summed E-state index contributed by atoms with van der Waals surface area (Å²) in [4.78, 5) is 22.1. The number of carbonyl (C=O) groups is 1. The Morgan fingerprint density at radius 3 is 2.52 bits per heavy atom. The van der Waals surface area contributed by atoms with Crippen molar-refractivity contribution in [2.75, 3.05) is 6.61 Å². The summed E-state index contributed by atoms with van der Waals surface area (Å²) in [7, 11) is 0. The third kappa shape index (κ3) is 4.81. The summed E-state index contributed by atoms with van der Waals surface area (Å²) >= 11 is 0. The second kappa shape index (κ2) is 7.93. The van der Waals surface area contributed by atoms with E-state index < -0.39 is 4.92 Å². The van der Waals surface area contributed by atoms with Crippen LogP contribution in [0.3, 0.4) is 0 Å². The predicted octanol–water partition coefficient (Wildman–Crippen LogP) is 2.85. The summed E-state index contributed by atoms with van der Waals surface area (Å²) in [6.07, 6.45) is 0.175. The van der Waals surface area contributed by atoms with E-state index in [1.807, 2.05) is 31.2 Å². The largest absolute Gasteiger partial charge is 0.494 e. The van der Waals surface area contributed by atoms with Crippen LogP contribution in [-0.4, -0.2) is 17.4 Å². The lowest BCUT2D eigenvalue weighted by Crippen LogP contribution is -2.24. The highest BCUT2D eigenvalue weighted by Crippen LogP contribution is 2.17. The quantitative estimate of drug-likeness (QED) is 0.629. The average molecular weight is 314 g/mol. The van der Waals surface area contributed by atoms with Gasteiger partial charge < -0.3 is 10.1 Å². The lowest BCUT2D eigenvalue weighted by molar-refractivity contribution is -0.384. The molecular weight excluding hydrogens is 296 g/mol. The Bertz CT molecular complexity index is 683. The van der Waals surface area contributed by atoms with Crippen molar-refractivity contribution in [2.45, 2.75) is 19.9 Å². The highest BCUT2D eigenvalue weighted by atomic mass is 16.6. The van der Waals surface area contributed by atoms with Crippen LogP contribution in [0.15, 0.2) is 48.5 Å². The first-order valence-electron chi connectivity index (χ1n) is 7.31. The molecule has 23 heavy (non-hydrogen) atoms. The van der Waals surface area contributed by atoms with E-state index in [9.17, 15) is 14.9 Å². The minimum atomic E-state index is -0.464. The Hall–Kier alpha value is -2.89. The van der Waals surface area contributed by atoms with E-state index in [0.717, 1.165) is 16.9 Å². The minimum absolute atomic E-state index is 0.0137. The van der Waals surface area contributed by atoms with Gasteiger partial charge in [0, 0.05) is 24.2 Å². The third-order valence-electron chi connectivity index (χ3n) is 3.26. The Morgan fingerprint density at radius 2 is 1.87 bits per heavy atom. The number of amides is 1. The van der Waals surface area contributed by atoms with E-state index >= 15 is 0 Å². The van der Waals surface area contributed by atoms with Gasteiger partial charge in [-0.15, -0.1) is 0 Å². The molecule has 0 bridgehead atoms. The van der Waals surface area contributed by atoms with Gasteiger partial charge in [-0.2, -0.15) is 0 Å². The van der Waals surface area contributed by atoms with Crippen LogP contribution in [0.1, 0.15) is 18.1 Å². The fourth-order valence-electron chi connectivity index (χ4n) is 2.12. The monoisotopic (exact) mass is 314 g/mol. The van der Waals surface area contributed by atoms with Gasteiger partial charge in [-0.1, -0.05) is 30.3 Å². The van der Waals surface area contributed by atoms with Crippen LogP contribution < -0.4 is 10.1 Å². The highest BCUT2D eigenvalue weighted by Gasteiger charge is 2.08. The van der Waals surface area contributed by atoms with Gasteiger partial charge in [-0.3, -0.25) is 14.9 Å². The zero-order chi connectivity index (χ0) is 16.7. The SMILES string of the molecule is CCOc1ccccc1CNC(=O)Cc1ccc([N+](=O)[O-])cc1. The lowest BCUT2D eigenvalue weighted by Gasteiger charge is -2.11. The predicted molar refractivity (Wildman–Crippen MR) is 86.3 cm³/mol. The van der Waals surface area contributed by atoms with Gasteiger partial charge >= 0.3 is 0 Å². The normalized spacial score (nSPS) is 10.1. The van der Waals surface area contributed by atoms with Crippen molar-refractivity contribution in [1.82, 2.24) is 5.32 Å². The molecule has 0 fully saturated rings. The number of hydrogen-bond donors (Lipinski definition) is 1. The van der Waals surface area contributed by atoms with E-state index in [2.05, 4.69) is 5.32 Å². The van der Waals surface area contributed by atoms with Crippen LogP contribution in [0.25, 0.3) is 0 Å². The number of non-ortho nitro benzene ring substituents is 1. The summed E-state index contributed by atoms with van der Waals surface area (Å²) in [5.74, 6) is 0.607. The van der Waals surface area contributed by atoms with Crippen LogP contribution in [0.2, 0.25) is 0 Å². The zero-order valence-electron chi connectivity index (χ0n) is 12.8. The summed E-state index contributed by atoms with van der Waals surface area (Å²) in [5, 5.41) is 13.4. The number of nitro groups is 1. The average Bonchev–Trinajstić information content (AvgIpc) is 2.55. The van der Waals surface area contributed by atoms with Crippen molar-refractivity contribution in [3.05, 3.63) is 69.8 Å². The molecule has 120 valence electrons. The van der Waals surface area contributed by atoms with E-state index in [1.165, 1.54) is 12.1 Å². The molecule has 6 heteroatoms. The third-order valence-corrected chi connectivity index (χ3v) is 3.26. The zero-order valence-corrected chi connectivity index (χ0v) is 12.8. The van der Waals surface area contributed by atoms with Crippen molar-refractivity contribution in [1.29, 1.82) is 0 Å².